The van der Waals surface area contributed by atoms with Crippen molar-refractivity contribution >= 4 is 11.9 Å². The van der Waals surface area contributed by atoms with E-state index in [0.29, 0.717) is 0 Å². The maximum atomic E-state index is 12.3. The highest BCUT2D eigenvalue weighted by Crippen LogP contribution is 2.26. The minimum Gasteiger partial charge on any atom is -0.481 e. The van der Waals surface area contributed by atoms with Crippen molar-refractivity contribution in [2.24, 2.45) is 5.92 Å². The summed E-state index contributed by atoms with van der Waals surface area (Å²) in [6, 6.07) is 7.36. The molecule has 0 aromatic heterocycles. The summed E-state index contributed by atoms with van der Waals surface area (Å²) in [7, 11) is 0. The molecule has 1 amide bonds. The lowest BCUT2D eigenvalue weighted by Gasteiger charge is -2.22. The van der Waals surface area contributed by atoms with Gasteiger partial charge in [0.1, 0.15) is 0 Å². The number of carboxylic acid groups (broad SMARTS) is 1. The molecule has 0 saturated carbocycles. The number of hydrogen-bond donors (Lipinski definition) is 2. The lowest BCUT2D eigenvalue weighted by Crippen LogP contribution is -2.34. The minimum absolute atomic E-state index is 0.0413. The standard InChI is InChI=1S/C19H25NO3/c1-19(2,3)15-10-8-13(9-11-15)16(12-17(21)22)20-18(23)14-6-4-5-7-14/h4-5,8-11,14,16H,6-7,12H2,1-3H3,(H,20,23)(H,21,22). The van der Waals surface area contributed by atoms with Crippen LogP contribution < -0.4 is 5.32 Å². The van der Waals surface area contributed by atoms with Gasteiger partial charge in [0.15, 0.2) is 0 Å². The molecule has 1 atom stereocenters. The Hall–Kier alpha value is -2.10. The summed E-state index contributed by atoms with van der Waals surface area (Å²) in [5.74, 6) is -1.05. The van der Waals surface area contributed by atoms with Crippen LogP contribution in [0.1, 0.15) is 57.2 Å². The average molecular weight is 315 g/mol. The van der Waals surface area contributed by atoms with E-state index in [0.717, 1.165) is 18.4 Å². The Labute approximate surface area is 137 Å². The molecule has 0 radical (unpaired) electrons. The van der Waals surface area contributed by atoms with Crippen LogP contribution in [0.4, 0.5) is 0 Å². The second-order valence-electron chi connectivity index (χ2n) is 7.17. The Morgan fingerprint density at radius 1 is 1.17 bits per heavy atom. The molecule has 0 spiro atoms. The van der Waals surface area contributed by atoms with Gasteiger partial charge in [-0.3, -0.25) is 9.59 Å². The van der Waals surface area contributed by atoms with Crippen molar-refractivity contribution in [1.29, 1.82) is 0 Å². The van der Waals surface area contributed by atoms with Crippen LogP contribution in [0.5, 0.6) is 0 Å². The molecule has 0 bridgehead atoms. The van der Waals surface area contributed by atoms with E-state index >= 15 is 0 Å². The van der Waals surface area contributed by atoms with Crippen molar-refractivity contribution in [2.45, 2.75) is 51.5 Å². The van der Waals surface area contributed by atoms with Crippen molar-refractivity contribution < 1.29 is 14.7 Å². The lowest BCUT2D eigenvalue weighted by molar-refractivity contribution is -0.137. The Morgan fingerprint density at radius 2 is 1.74 bits per heavy atom. The van der Waals surface area contributed by atoms with E-state index in [-0.39, 0.29) is 23.7 Å². The van der Waals surface area contributed by atoms with Crippen molar-refractivity contribution in [2.75, 3.05) is 0 Å². The number of carboxylic acids is 1. The molecule has 1 aromatic rings. The first-order valence-electron chi connectivity index (χ1n) is 8.05. The highest BCUT2D eigenvalue weighted by molar-refractivity contribution is 5.80. The van der Waals surface area contributed by atoms with Crippen LogP contribution in [0, 0.1) is 5.92 Å². The topological polar surface area (TPSA) is 66.4 Å². The molecule has 1 unspecified atom stereocenters. The Kier molecular flexibility index (Phi) is 5.24. The number of benzene rings is 1. The van der Waals surface area contributed by atoms with E-state index in [9.17, 15) is 9.59 Å². The van der Waals surface area contributed by atoms with Crippen LogP contribution in [0.3, 0.4) is 0 Å². The molecule has 0 saturated heterocycles. The van der Waals surface area contributed by atoms with Gasteiger partial charge in [-0.05, 0) is 29.4 Å². The predicted molar refractivity (Wildman–Crippen MR) is 90.1 cm³/mol. The van der Waals surface area contributed by atoms with Crippen LogP contribution in [0.2, 0.25) is 0 Å². The number of allylic oxidation sites excluding steroid dienone is 2. The van der Waals surface area contributed by atoms with E-state index in [2.05, 4.69) is 26.1 Å². The number of rotatable bonds is 5. The molecule has 124 valence electrons. The van der Waals surface area contributed by atoms with Crippen LogP contribution in [0.15, 0.2) is 36.4 Å². The zero-order valence-corrected chi connectivity index (χ0v) is 14.0. The first-order valence-corrected chi connectivity index (χ1v) is 8.05. The number of aliphatic carboxylic acids is 1. The Morgan fingerprint density at radius 3 is 2.22 bits per heavy atom. The smallest absolute Gasteiger partial charge is 0.305 e. The minimum atomic E-state index is -0.917. The van der Waals surface area contributed by atoms with Gasteiger partial charge in [-0.25, -0.2) is 0 Å². The van der Waals surface area contributed by atoms with Gasteiger partial charge < -0.3 is 10.4 Å². The number of amides is 1. The van der Waals surface area contributed by atoms with Crippen LogP contribution in [0.25, 0.3) is 0 Å². The highest BCUT2D eigenvalue weighted by atomic mass is 16.4. The molecule has 2 N–H and O–H groups in total. The third-order valence-electron chi connectivity index (χ3n) is 4.25. The fourth-order valence-corrected chi connectivity index (χ4v) is 2.76. The third-order valence-corrected chi connectivity index (χ3v) is 4.25. The first kappa shape index (κ1) is 17.3. The van der Waals surface area contributed by atoms with Crippen LogP contribution in [-0.4, -0.2) is 17.0 Å². The van der Waals surface area contributed by atoms with Crippen molar-refractivity contribution in [3.8, 4) is 0 Å². The Bertz CT molecular complexity index is 588. The molecule has 0 fully saturated rings. The lowest BCUT2D eigenvalue weighted by atomic mass is 9.86. The van der Waals surface area contributed by atoms with Gasteiger partial charge in [-0.2, -0.15) is 0 Å². The van der Waals surface area contributed by atoms with Gasteiger partial charge in [0, 0.05) is 5.92 Å². The number of carbonyl (C=O) groups excluding carboxylic acids is 1. The average Bonchev–Trinajstić information content (AvgIpc) is 2.99. The van der Waals surface area contributed by atoms with Gasteiger partial charge >= 0.3 is 5.97 Å². The Balaban J connectivity index is 2.14. The van der Waals surface area contributed by atoms with E-state index < -0.39 is 12.0 Å². The van der Waals surface area contributed by atoms with E-state index in [1.54, 1.807) is 0 Å². The summed E-state index contributed by atoms with van der Waals surface area (Å²) in [5, 5.41) is 12.0. The zero-order chi connectivity index (χ0) is 17.0. The molecule has 2 rings (SSSR count). The number of nitrogens with one attached hydrogen (secondary N) is 1. The summed E-state index contributed by atoms with van der Waals surface area (Å²) in [4.78, 5) is 23.4. The summed E-state index contributed by atoms with van der Waals surface area (Å²) >= 11 is 0. The normalized spacial score (nSPS) is 16.3. The van der Waals surface area contributed by atoms with Gasteiger partial charge in [-0.15, -0.1) is 0 Å². The first-order chi connectivity index (χ1) is 10.8. The molecule has 0 heterocycles. The van der Waals surface area contributed by atoms with E-state index in [4.69, 9.17) is 5.11 Å². The molecular formula is C19H25NO3. The van der Waals surface area contributed by atoms with Gasteiger partial charge in [0.05, 0.1) is 12.5 Å². The highest BCUT2D eigenvalue weighted by Gasteiger charge is 2.24. The summed E-state index contributed by atoms with van der Waals surface area (Å²) in [6.07, 6.45) is 5.34. The fourth-order valence-electron chi connectivity index (χ4n) is 2.76. The number of carbonyl (C=O) groups is 2. The van der Waals surface area contributed by atoms with E-state index in [1.165, 1.54) is 5.56 Å². The summed E-state index contributed by atoms with van der Waals surface area (Å²) in [5.41, 5.74) is 2.06. The SMILES string of the molecule is CC(C)(C)c1ccc(C(CC(=O)O)NC(=O)C2CC=CC2)cc1. The van der Waals surface area contributed by atoms with Crippen LogP contribution in [-0.2, 0) is 15.0 Å². The largest absolute Gasteiger partial charge is 0.481 e. The molecule has 1 aliphatic carbocycles. The summed E-state index contributed by atoms with van der Waals surface area (Å²) < 4.78 is 0. The molecule has 1 aliphatic rings. The van der Waals surface area contributed by atoms with Crippen molar-refractivity contribution in [3.63, 3.8) is 0 Å². The monoisotopic (exact) mass is 315 g/mol. The van der Waals surface area contributed by atoms with E-state index in [1.807, 2.05) is 36.4 Å². The van der Waals surface area contributed by atoms with Gasteiger partial charge in [0.2, 0.25) is 5.91 Å². The van der Waals surface area contributed by atoms with Crippen molar-refractivity contribution in [3.05, 3.63) is 47.5 Å². The molecule has 4 nitrogen and oxygen atoms in total. The quantitative estimate of drug-likeness (QED) is 0.816. The second-order valence-corrected chi connectivity index (χ2v) is 7.17. The number of hydrogen-bond acceptors (Lipinski definition) is 2. The molecular weight excluding hydrogens is 290 g/mol. The second kappa shape index (κ2) is 6.99. The maximum Gasteiger partial charge on any atom is 0.305 e. The molecule has 23 heavy (non-hydrogen) atoms. The van der Waals surface area contributed by atoms with Gasteiger partial charge in [-0.1, -0.05) is 57.2 Å². The molecule has 1 aromatic carbocycles. The van der Waals surface area contributed by atoms with Crippen LogP contribution >= 0.6 is 0 Å². The van der Waals surface area contributed by atoms with Gasteiger partial charge in [0.25, 0.3) is 0 Å². The predicted octanol–water partition coefficient (Wildman–Crippen LogP) is 3.58. The maximum absolute atomic E-state index is 12.3. The third kappa shape index (κ3) is 4.68. The summed E-state index contributed by atoms with van der Waals surface area (Å²) in [6.45, 7) is 6.39. The molecule has 0 aliphatic heterocycles. The van der Waals surface area contributed by atoms with Crippen molar-refractivity contribution in [1.82, 2.24) is 5.32 Å². The zero-order valence-electron chi connectivity index (χ0n) is 14.0. The molecule has 4 heteroatoms. The fraction of sp³-hybridized carbons (Fsp3) is 0.474.